The van der Waals surface area contributed by atoms with Crippen LogP contribution in [0.25, 0.3) is 39.0 Å². The van der Waals surface area contributed by atoms with Gasteiger partial charge in [-0.3, -0.25) is 4.57 Å². The summed E-state index contributed by atoms with van der Waals surface area (Å²) in [6.45, 7) is 9.08. The van der Waals surface area contributed by atoms with Crippen molar-refractivity contribution in [2.24, 2.45) is 0 Å². The molecule has 6 rings (SSSR count). The van der Waals surface area contributed by atoms with Crippen molar-refractivity contribution >= 4 is 21.9 Å². The number of para-hydroxylation sites is 1. The maximum Gasteiger partial charge on any atom is 0.145 e. The number of fused-ring (bicyclic) bond motifs is 5. The summed E-state index contributed by atoms with van der Waals surface area (Å²) in [6, 6.07) is 17.3. The molecule has 0 atom stereocenters. The Kier molecular flexibility index (Phi) is 3.92. The van der Waals surface area contributed by atoms with E-state index < -0.39 is 0 Å². The van der Waals surface area contributed by atoms with Gasteiger partial charge in [-0.1, -0.05) is 64.1 Å². The quantitative estimate of drug-likeness (QED) is 0.302. The molecule has 0 saturated heterocycles. The van der Waals surface area contributed by atoms with Crippen LogP contribution in [0.4, 0.5) is 0 Å². The fourth-order valence-corrected chi connectivity index (χ4v) is 5.14. The Balaban J connectivity index is 1.73. The number of nitrogens with zero attached hydrogens (tertiary/aromatic N) is 2. The molecule has 0 saturated carbocycles. The fraction of sp³-hybridized carbons (Fsp3) is 0.250. The van der Waals surface area contributed by atoms with Crippen LogP contribution in [-0.2, 0) is 6.42 Å². The van der Waals surface area contributed by atoms with Gasteiger partial charge in [0.05, 0.1) is 5.69 Å². The van der Waals surface area contributed by atoms with Crippen molar-refractivity contribution in [3.05, 3.63) is 83.2 Å². The van der Waals surface area contributed by atoms with Crippen molar-refractivity contribution in [1.29, 1.82) is 0 Å². The van der Waals surface area contributed by atoms with Crippen molar-refractivity contribution in [1.82, 2.24) is 9.55 Å². The van der Waals surface area contributed by atoms with Crippen LogP contribution in [0.15, 0.2) is 65.3 Å². The van der Waals surface area contributed by atoms with Gasteiger partial charge in [0, 0.05) is 34.3 Å². The number of furan rings is 1. The van der Waals surface area contributed by atoms with Gasteiger partial charge in [-0.15, -0.1) is 0 Å². The normalized spacial score (nSPS) is 13.0. The molecule has 154 valence electrons. The second kappa shape index (κ2) is 6.58. The Morgan fingerprint density at radius 3 is 2.39 bits per heavy atom. The predicted molar refractivity (Wildman–Crippen MR) is 127 cm³/mol. The van der Waals surface area contributed by atoms with E-state index in [0.29, 0.717) is 11.8 Å². The van der Waals surface area contributed by atoms with E-state index in [1.807, 2.05) is 12.3 Å². The lowest BCUT2D eigenvalue weighted by Crippen LogP contribution is -2.13. The van der Waals surface area contributed by atoms with E-state index in [1.165, 1.54) is 44.3 Å². The smallest absolute Gasteiger partial charge is 0.145 e. The third-order valence-corrected chi connectivity index (χ3v) is 6.63. The minimum atomic E-state index is 0.310. The molecule has 2 aromatic heterocycles. The van der Waals surface area contributed by atoms with Crippen LogP contribution in [0, 0.1) is 0 Å². The molecule has 0 fully saturated rings. The molecule has 3 aromatic carbocycles. The third-order valence-electron chi connectivity index (χ3n) is 6.63. The first-order valence-corrected chi connectivity index (χ1v) is 11.2. The minimum Gasteiger partial charge on any atom is -0.456 e. The van der Waals surface area contributed by atoms with Crippen molar-refractivity contribution < 1.29 is 4.42 Å². The van der Waals surface area contributed by atoms with E-state index in [-0.39, 0.29) is 0 Å². The predicted octanol–water partition coefficient (Wildman–Crippen LogP) is 7.59. The Morgan fingerprint density at radius 2 is 1.68 bits per heavy atom. The third kappa shape index (κ3) is 2.56. The van der Waals surface area contributed by atoms with Crippen molar-refractivity contribution in [2.75, 3.05) is 0 Å². The number of rotatable bonds is 4. The topological polar surface area (TPSA) is 31.0 Å². The average molecular weight is 407 g/mol. The van der Waals surface area contributed by atoms with E-state index in [2.05, 4.69) is 80.9 Å². The van der Waals surface area contributed by atoms with Gasteiger partial charge in [0.25, 0.3) is 0 Å². The van der Waals surface area contributed by atoms with Gasteiger partial charge in [0.1, 0.15) is 17.0 Å². The molecule has 0 aliphatic heterocycles. The van der Waals surface area contributed by atoms with Crippen LogP contribution in [0.5, 0.6) is 0 Å². The summed E-state index contributed by atoms with van der Waals surface area (Å²) in [5.41, 5.74) is 9.83. The molecule has 0 amide bonds. The highest BCUT2D eigenvalue weighted by Crippen LogP contribution is 2.44. The summed E-state index contributed by atoms with van der Waals surface area (Å²) >= 11 is 0. The van der Waals surface area contributed by atoms with Gasteiger partial charge in [0.15, 0.2) is 0 Å². The average Bonchev–Trinajstić information content (AvgIpc) is 3.37. The molecule has 3 nitrogen and oxygen atoms in total. The van der Waals surface area contributed by atoms with Crippen LogP contribution in [-0.4, -0.2) is 9.55 Å². The van der Waals surface area contributed by atoms with E-state index in [4.69, 9.17) is 9.40 Å². The lowest BCUT2D eigenvalue weighted by atomic mass is 9.84. The highest BCUT2D eigenvalue weighted by Gasteiger charge is 2.28. The SMILES string of the molecule is CC(C)c1cc2c(oc3ccccc32)c(C(C)C)c1-n1ccnc1C1=C2C=CC=C1C2. The van der Waals surface area contributed by atoms with Gasteiger partial charge < -0.3 is 4.42 Å². The maximum atomic E-state index is 6.47. The van der Waals surface area contributed by atoms with Crippen LogP contribution in [0.2, 0.25) is 0 Å². The van der Waals surface area contributed by atoms with Gasteiger partial charge in [-0.25, -0.2) is 4.98 Å². The molecule has 1 aliphatic carbocycles. The zero-order chi connectivity index (χ0) is 21.3. The molecule has 5 aromatic rings. The van der Waals surface area contributed by atoms with Crippen LogP contribution < -0.4 is 0 Å². The lowest BCUT2D eigenvalue weighted by Gasteiger charge is -2.26. The molecular weight excluding hydrogens is 380 g/mol. The molecule has 1 aliphatic rings. The molecule has 0 unspecified atom stereocenters. The zero-order valence-electron chi connectivity index (χ0n) is 18.4. The Morgan fingerprint density at radius 1 is 0.903 bits per heavy atom. The number of hydrogen-bond acceptors (Lipinski definition) is 2. The summed E-state index contributed by atoms with van der Waals surface area (Å²) in [6.07, 6.45) is 5.09. The summed E-state index contributed by atoms with van der Waals surface area (Å²) in [5, 5.41) is 2.40. The second-order valence-corrected chi connectivity index (χ2v) is 9.26. The maximum absolute atomic E-state index is 6.47. The van der Waals surface area contributed by atoms with Gasteiger partial charge in [-0.05, 0) is 47.1 Å². The number of hydrogen-bond donors (Lipinski definition) is 0. The zero-order valence-corrected chi connectivity index (χ0v) is 18.4. The minimum absolute atomic E-state index is 0.310. The highest BCUT2D eigenvalue weighted by molar-refractivity contribution is 6.07. The first kappa shape index (κ1) is 18.4. The molecule has 0 N–H and O–H groups in total. The number of benzene rings is 3. The molecule has 0 radical (unpaired) electrons. The molecule has 0 spiro atoms. The molecule has 2 bridgehead atoms. The summed E-state index contributed by atoms with van der Waals surface area (Å²) in [7, 11) is 0. The largest absolute Gasteiger partial charge is 0.456 e. The lowest BCUT2D eigenvalue weighted by molar-refractivity contribution is 0.654. The summed E-state index contributed by atoms with van der Waals surface area (Å²) in [5.74, 6) is 1.72. The molecular formula is C28H26N2O. The summed E-state index contributed by atoms with van der Waals surface area (Å²) in [4.78, 5) is 4.82. The highest BCUT2D eigenvalue weighted by atomic mass is 16.3. The Labute approximate surface area is 182 Å². The number of aromatic nitrogens is 2. The van der Waals surface area contributed by atoms with E-state index in [1.54, 1.807) is 0 Å². The van der Waals surface area contributed by atoms with Gasteiger partial charge >= 0.3 is 0 Å². The van der Waals surface area contributed by atoms with Crippen LogP contribution in [0.3, 0.4) is 0 Å². The Hall–Kier alpha value is -3.33. The van der Waals surface area contributed by atoms with Crippen molar-refractivity contribution in [3.8, 4) is 17.1 Å². The first-order chi connectivity index (χ1) is 15.0. The molecule has 2 heterocycles. The standard InChI is InChI=1S/C28H26N2O/c1-16(2)21-15-22-20-10-5-6-11-23(20)31-27(22)24(17(3)4)26(21)30-13-12-29-28(30)25-18-8-7-9-19(25)14-18/h5-13,15-17H,14H2,1-4H3. The second-order valence-electron chi connectivity index (χ2n) is 9.26. The van der Waals surface area contributed by atoms with E-state index in [0.717, 1.165) is 23.4 Å². The van der Waals surface area contributed by atoms with Crippen LogP contribution >= 0.6 is 0 Å². The van der Waals surface area contributed by atoms with Crippen LogP contribution in [0.1, 0.15) is 61.8 Å². The molecule has 3 heteroatoms. The summed E-state index contributed by atoms with van der Waals surface area (Å²) < 4.78 is 8.77. The molecule has 31 heavy (non-hydrogen) atoms. The van der Waals surface area contributed by atoms with E-state index >= 15 is 0 Å². The van der Waals surface area contributed by atoms with Gasteiger partial charge in [0.2, 0.25) is 0 Å². The first-order valence-electron chi connectivity index (χ1n) is 11.2. The van der Waals surface area contributed by atoms with E-state index in [9.17, 15) is 0 Å². The van der Waals surface area contributed by atoms with Crippen molar-refractivity contribution in [2.45, 2.75) is 46.0 Å². The Bertz CT molecular complexity index is 1450. The van der Waals surface area contributed by atoms with Crippen molar-refractivity contribution in [3.63, 3.8) is 0 Å². The van der Waals surface area contributed by atoms with Gasteiger partial charge in [-0.2, -0.15) is 0 Å². The monoisotopic (exact) mass is 406 g/mol. The number of imidazole rings is 1. The fourth-order valence-electron chi connectivity index (χ4n) is 5.14.